The lowest BCUT2D eigenvalue weighted by molar-refractivity contribution is 0.0733. The van der Waals surface area contributed by atoms with Gasteiger partial charge in [-0.15, -0.1) is 0 Å². The van der Waals surface area contributed by atoms with E-state index in [4.69, 9.17) is 23.7 Å². The molecule has 7 heteroatoms. The molecule has 3 rings (SSSR count). The number of esters is 1. The number of carbonyl (C=O) groups is 2. The Morgan fingerprint density at radius 3 is 1.91 bits per heavy atom. The lowest BCUT2D eigenvalue weighted by atomic mass is 10.1. The number of para-hydroxylation sites is 1. The highest BCUT2D eigenvalue weighted by Crippen LogP contribution is 2.38. The summed E-state index contributed by atoms with van der Waals surface area (Å²) in [7, 11) is 5.97. The van der Waals surface area contributed by atoms with E-state index in [-0.39, 0.29) is 11.3 Å². The van der Waals surface area contributed by atoms with Gasteiger partial charge in [0, 0.05) is 11.1 Å². The van der Waals surface area contributed by atoms with Crippen LogP contribution in [0.1, 0.15) is 26.3 Å². The van der Waals surface area contributed by atoms with Gasteiger partial charge in [-0.1, -0.05) is 18.2 Å². The van der Waals surface area contributed by atoms with Gasteiger partial charge in [0.2, 0.25) is 5.75 Å². The largest absolute Gasteiger partial charge is 0.497 e. The number of carbonyl (C=O) groups excluding carboxylic acids is 2. The van der Waals surface area contributed by atoms with Crippen molar-refractivity contribution in [3.8, 4) is 28.7 Å². The molecule has 0 aromatic heterocycles. The summed E-state index contributed by atoms with van der Waals surface area (Å²) < 4.78 is 26.6. The summed E-state index contributed by atoms with van der Waals surface area (Å²) in [5.74, 6) is 1.20. The molecule has 0 radical (unpaired) electrons. The Hall–Kier alpha value is -4.26. The third-order valence-electron chi connectivity index (χ3n) is 4.81. The second kappa shape index (κ2) is 10.9. The quantitative estimate of drug-likeness (QED) is 0.201. The van der Waals surface area contributed by atoms with E-state index in [0.717, 1.165) is 0 Å². The number of hydrogen-bond donors (Lipinski definition) is 0. The summed E-state index contributed by atoms with van der Waals surface area (Å²) in [6.07, 6.45) is 3.03. The van der Waals surface area contributed by atoms with Gasteiger partial charge in [0.05, 0.1) is 34.0 Å². The Morgan fingerprint density at radius 2 is 1.33 bits per heavy atom. The molecule has 0 unspecified atom stereocenters. The van der Waals surface area contributed by atoms with Gasteiger partial charge in [-0.3, -0.25) is 4.79 Å². The molecule has 0 saturated carbocycles. The maximum Gasteiger partial charge on any atom is 0.343 e. The Morgan fingerprint density at radius 1 is 0.697 bits per heavy atom. The van der Waals surface area contributed by atoms with Crippen molar-refractivity contribution in [2.24, 2.45) is 0 Å². The van der Waals surface area contributed by atoms with Crippen LogP contribution in [0, 0.1) is 0 Å². The zero-order valence-corrected chi connectivity index (χ0v) is 18.8. The molecular weight excluding hydrogens is 424 g/mol. The average Bonchev–Trinajstić information content (AvgIpc) is 2.86. The lowest BCUT2D eigenvalue weighted by Crippen LogP contribution is -2.10. The molecule has 170 valence electrons. The van der Waals surface area contributed by atoms with Crippen LogP contribution in [-0.2, 0) is 0 Å². The fraction of sp³-hybridized carbons (Fsp3) is 0.154. The molecule has 7 nitrogen and oxygen atoms in total. The zero-order chi connectivity index (χ0) is 23.8. The van der Waals surface area contributed by atoms with E-state index >= 15 is 0 Å². The molecule has 0 N–H and O–H groups in total. The van der Waals surface area contributed by atoms with Crippen LogP contribution in [0.25, 0.3) is 6.08 Å². The standard InChI is InChI=1S/C26H24O7/c1-29-20-12-9-17(10-13-20)21(27)14-11-18-7-5-6-8-22(18)33-26(28)19-15-23(30-2)25(32-4)24(16-19)31-3/h5-16H,1-4H3/b14-11+. The molecule has 0 atom stereocenters. The zero-order valence-electron chi connectivity index (χ0n) is 18.8. The van der Waals surface area contributed by atoms with Gasteiger partial charge < -0.3 is 23.7 Å². The van der Waals surface area contributed by atoms with Crippen LogP contribution in [0.5, 0.6) is 28.7 Å². The molecule has 3 aromatic carbocycles. The first-order valence-electron chi connectivity index (χ1n) is 9.98. The first kappa shape index (κ1) is 23.4. The van der Waals surface area contributed by atoms with Crippen molar-refractivity contribution in [3.05, 3.63) is 83.4 Å². The number of methoxy groups -OCH3 is 4. The molecule has 33 heavy (non-hydrogen) atoms. The molecule has 0 saturated heterocycles. The highest BCUT2D eigenvalue weighted by molar-refractivity contribution is 6.07. The molecule has 0 bridgehead atoms. The smallest absolute Gasteiger partial charge is 0.343 e. The molecule has 0 aliphatic heterocycles. The fourth-order valence-electron chi connectivity index (χ4n) is 3.09. The van der Waals surface area contributed by atoms with Crippen LogP contribution in [0.4, 0.5) is 0 Å². The Balaban J connectivity index is 1.82. The Kier molecular flexibility index (Phi) is 7.70. The first-order chi connectivity index (χ1) is 16.0. The van der Waals surface area contributed by atoms with Crippen LogP contribution in [0.3, 0.4) is 0 Å². The van der Waals surface area contributed by atoms with E-state index in [2.05, 4.69) is 0 Å². The average molecular weight is 448 g/mol. The fourth-order valence-corrected chi connectivity index (χ4v) is 3.09. The molecule has 0 heterocycles. The molecule has 0 aliphatic rings. The number of hydrogen-bond acceptors (Lipinski definition) is 7. The second-order valence-corrected chi connectivity index (χ2v) is 6.77. The SMILES string of the molecule is COc1ccc(C(=O)/C=C/c2ccccc2OC(=O)c2cc(OC)c(OC)c(OC)c2)cc1. The highest BCUT2D eigenvalue weighted by Gasteiger charge is 2.19. The van der Waals surface area contributed by atoms with E-state index in [9.17, 15) is 9.59 Å². The van der Waals surface area contributed by atoms with E-state index in [1.807, 2.05) is 0 Å². The van der Waals surface area contributed by atoms with Crippen molar-refractivity contribution in [2.75, 3.05) is 28.4 Å². The summed E-state index contributed by atoms with van der Waals surface area (Å²) in [5, 5.41) is 0. The van der Waals surface area contributed by atoms with E-state index in [1.54, 1.807) is 61.7 Å². The maximum absolute atomic E-state index is 12.8. The maximum atomic E-state index is 12.8. The molecule has 0 amide bonds. The number of benzene rings is 3. The van der Waals surface area contributed by atoms with E-state index in [1.165, 1.54) is 39.5 Å². The second-order valence-electron chi connectivity index (χ2n) is 6.77. The molecule has 3 aromatic rings. The predicted molar refractivity (Wildman–Crippen MR) is 124 cm³/mol. The molecule has 0 spiro atoms. The summed E-state index contributed by atoms with van der Waals surface area (Å²) in [6, 6.07) is 16.7. The van der Waals surface area contributed by atoms with Gasteiger partial charge in [-0.05, 0) is 54.6 Å². The third kappa shape index (κ3) is 5.51. The van der Waals surface area contributed by atoms with Gasteiger partial charge in [0.1, 0.15) is 11.5 Å². The Labute approximate surface area is 192 Å². The van der Waals surface area contributed by atoms with Gasteiger partial charge in [-0.25, -0.2) is 4.79 Å². The van der Waals surface area contributed by atoms with Crippen molar-refractivity contribution < 1.29 is 33.3 Å². The van der Waals surface area contributed by atoms with Crippen molar-refractivity contribution >= 4 is 17.8 Å². The number of allylic oxidation sites excluding steroid dienone is 1. The van der Waals surface area contributed by atoms with Crippen molar-refractivity contribution in [1.29, 1.82) is 0 Å². The summed E-state index contributed by atoms with van der Waals surface area (Å²) >= 11 is 0. The number of ketones is 1. The van der Waals surface area contributed by atoms with E-state index < -0.39 is 5.97 Å². The normalized spacial score (nSPS) is 10.5. The van der Waals surface area contributed by atoms with Gasteiger partial charge in [0.25, 0.3) is 0 Å². The van der Waals surface area contributed by atoms with Crippen molar-refractivity contribution in [1.82, 2.24) is 0 Å². The third-order valence-corrected chi connectivity index (χ3v) is 4.81. The molecule has 0 fully saturated rings. The number of rotatable bonds is 9. The summed E-state index contributed by atoms with van der Waals surface area (Å²) in [5.41, 5.74) is 1.30. The van der Waals surface area contributed by atoms with Crippen LogP contribution in [0.2, 0.25) is 0 Å². The van der Waals surface area contributed by atoms with Crippen LogP contribution in [-0.4, -0.2) is 40.2 Å². The minimum atomic E-state index is -0.614. The monoisotopic (exact) mass is 448 g/mol. The van der Waals surface area contributed by atoms with Crippen LogP contribution in [0.15, 0.2) is 66.7 Å². The van der Waals surface area contributed by atoms with Crippen molar-refractivity contribution in [3.63, 3.8) is 0 Å². The summed E-state index contributed by atoms with van der Waals surface area (Å²) in [6.45, 7) is 0. The Bertz CT molecular complexity index is 1140. The molecular formula is C26H24O7. The van der Waals surface area contributed by atoms with Gasteiger partial charge in [-0.2, -0.15) is 0 Å². The molecule has 0 aliphatic carbocycles. The van der Waals surface area contributed by atoms with Crippen molar-refractivity contribution in [2.45, 2.75) is 0 Å². The summed E-state index contributed by atoms with van der Waals surface area (Å²) in [4.78, 5) is 25.3. The first-order valence-corrected chi connectivity index (χ1v) is 9.98. The van der Waals surface area contributed by atoms with Crippen LogP contribution >= 0.6 is 0 Å². The lowest BCUT2D eigenvalue weighted by Gasteiger charge is -2.14. The predicted octanol–water partition coefficient (Wildman–Crippen LogP) is 4.84. The van der Waals surface area contributed by atoms with Gasteiger partial charge in [0.15, 0.2) is 17.3 Å². The number of ether oxygens (including phenoxy) is 5. The van der Waals surface area contributed by atoms with Crippen LogP contribution < -0.4 is 23.7 Å². The van der Waals surface area contributed by atoms with E-state index in [0.29, 0.717) is 39.9 Å². The minimum Gasteiger partial charge on any atom is -0.497 e. The van der Waals surface area contributed by atoms with Gasteiger partial charge >= 0.3 is 5.97 Å². The topological polar surface area (TPSA) is 80.3 Å². The highest BCUT2D eigenvalue weighted by atomic mass is 16.5. The minimum absolute atomic E-state index is 0.191.